The van der Waals surface area contributed by atoms with Gasteiger partial charge in [-0.15, -0.1) is 28.1 Å². The maximum atomic E-state index is 12.7. The number of nitrogens with zero attached hydrogens (tertiary/aromatic N) is 4. The van der Waals surface area contributed by atoms with Crippen LogP contribution in [0.5, 0.6) is 5.75 Å². The van der Waals surface area contributed by atoms with Gasteiger partial charge in [-0.05, 0) is 55.5 Å². The Morgan fingerprint density at radius 3 is 2.79 bits per heavy atom. The van der Waals surface area contributed by atoms with Gasteiger partial charge in [-0.3, -0.25) is 9.36 Å². The molecule has 1 aliphatic rings. The molecule has 7 nitrogen and oxygen atoms in total. The largest absolute Gasteiger partial charge is 0.435 e. The monoisotopic (exact) mass is 501 g/mol. The number of nitrogens with one attached hydrogen (secondary N) is 1. The SMILES string of the molecule is C=CCn1c(SCC(=O)Nc2sc3c(c2C#N)CCCC3)nnc1-c1ccc(OC(F)F)cc1. The molecule has 2 aromatic heterocycles. The molecule has 176 valence electrons. The van der Waals surface area contributed by atoms with Gasteiger partial charge in [-0.1, -0.05) is 17.8 Å². The first-order valence-electron chi connectivity index (χ1n) is 10.6. The molecule has 3 aromatic rings. The minimum atomic E-state index is -2.90. The second kappa shape index (κ2) is 10.8. The summed E-state index contributed by atoms with van der Waals surface area (Å²) in [6, 6.07) is 8.34. The number of hydrogen-bond donors (Lipinski definition) is 1. The van der Waals surface area contributed by atoms with Crippen molar-refractivity contribution in [3.63, 3.8) is 0 Å². The highest BCUT2D eigenvalue weighted by Gasteiger charge is 2.22. The number of halogens is 2. The van der Waals surface area contributed by atoms with Crippen molar-refractivity contribution < 1.29 is 18.3 Å². The van der Waals surface area contributed by atoms with Crippen molar-refractivity contribution in [1.29, 1.82) is 5.26 Å². The van der Waals surface area contributed by atoms with Crippen LogP contribution in [-0.2, 0) is 24.2 Å². The van der Waals surface area contributed by atoms with Crippen molar-refractivity contribution in [2.24, 2.45) is 0 Å². The van der Waals surface area contributed by atoms with E-state index in [-0.39, 0.29) is 17.4 Å². The van der Waals surface area contributed by atoms with Crippen molar-refractivity contribution in [2.75, 3.05) is 11.1 Å². The van der Waals surface area contributed by atoms with Crippen LogP contribution in [0.15, 0.2) is 42.1 Å². The fourth-order valence-electron chi connectivity index (χ4n) is 3.75. The third-order valence-corrected chi connectivity index (χ3v) is 7.41. The van der Waals surface area contributed by atoms with Crippen LogP contribution in [0, 0.1) is 11.3 Å². The number of allylic oxidation sites excluding steroid dienone is 1. The lowest BCUT2D eigenvalue weighted by molar-refractivity contribution is -0.113. The van der Waals surface area contributed by atoms with Crippen LogP contribution >= 0.6 is 23.1 Å². The fraction of sp³-hybridized carbons (Fsp3) is 0.304. The van der Waals surface area contributed by atoms with E-state index in [1.54, 1.807) is 22.8 Å². The van der Waals surface area contributed by atoms with Crippen LogP contribution in [0.2, 0.25) is 0 Å². The second-order valence-corrected chi connectivity index (χ2v) is 9.52. The first-order chi connectivity index (χ1) is 16.5. The molecule has 1 aromatic carbocycles. The number of alkyl halides is 2. The first kappa shape index (κ1) is 23.9. The molecule has 0 saturated carbocycles. The third-order valence-electron chi connectivity index (χ3n) is 5.23. The molecule has 2 heterocycles. The number of thioether (sulfide) groups is 1. The summed E-state index contributed by atoms with van der Waals surface area (Å²) in [5, 5.41) is 22.0. The van der Waals surface area contributed by atoms with Crippen molar-refractivity contribution in [3.05, 3.63) is 52.9 Å². The average molecular weight is 502 g/mol. The highest BCUT2D eigenvalue weighted by molar-refractivity contribution is 7.99. The molecule has 0 saturated heterocycles. The van der Waals surface area contributed by atoms with E-state index in [9.17, 15) is 18.8 Å². The molecule has 0 bridgehead atoms. The smallest absolute Gasteiger partial charge is 0.387 e. The molecule has 0 atom stereocenters. The van der Waals surface area contributed by atoms with E-state index in [0.717, 1.165) is 31.2 Å². The van der Waals surface area contributed by atoms with E-state index in [2.05, 4.69) is 32.9 Å². The maximum absolute atomic E-state index is 12.7. The Morgan fingerprint density at radius 2 is 2.09 bits per heavy atom. The minimum absolute atomic E-state index is 0.0480. The molecule has 0 aliphatic heterocycles. The topological polar surface area (TPSA) is 92.8 Å². The molecule has 4 rings (SSSR count). The summed E-state index contributed by atoms with van der Waals surface area (Å²) in [5.41, 5.74) is 2.31. The Balaban J connectivity index is 1.46. The molecule has 11 heteroatoms. The van der Waals surface area contributed by atoms with Crippen LogP contribution in [0.4, 0.5) is 13.8 Å². The molecule has 1 aliphatic carbocycles. The van der Waals surface area contributed by atoms with Gasteiger partial charge >= 0.3 is 6.61 Å². The van der Waals surface area contributed by atoms with Crippen molar-refractivity contribution in [3.8, 4) is 23.2 Å². The van der Waals surface area contributed by atoms with Gasteiger partial charge in [0.1, 0.15) is 16.8 Å². The molecule has 0 fully saturated rings. The molecule has 0 spiro atoms. The van der Waals surface area contributed by atoms with Crippen LogP contribution in [0.3, 0.4) is 0 Å². The lowest BCUT2D eigenvalue weighted by Crippen LogP contribution is -2.14. The summed E-state index contributed by atoms with van der Waals surface area (Å²) < 4.78 is 31.0. The van der Waals surface area contributed by atoms with Crippen LogP contribution in [0.1, 0.15) is 28.8 Å². The second-order valence-electron chi connectivity index (χ2n) is 7.47. The number of amides is 1. The van der Waals surface area contributed by atoms with E-state index in [4.69, 9.17) is 0 Å². The van der Waals surface area contributed by atoms with Gasteiger partial charge in [0.05, 0.1) is 11.3 Å². The number of benzene rings is 1. The number of ether oxygens (including phenoxy) is 1. The molecule has 34 heavy (non-hydrogen) atoms. The Bertz CT molecular complexity index is 1230. The average Bonchev–Trinajstić information content (AvgIpc) is 3.38. The summed E-state index contributed by atoms with van der Waals surface area (Å²) in [5.74, 6) is 0.420. The highest BCUT2D eigenvalue weighted by Crippen LogP contribution is 2.37. The number of aromatic nitrogens is 3. The van der Waals surface area contributed by atoms with Gasteiger partial charge in [0, 0.05) is 17.0 Å². The Labute approximate surface area is 203 Å². The summed E-state index contributed by atoms with van der Waals surface area (Å²) >= 11 is 2.70. The van der Waals surface area contributed by atoms with Crippen LogP contribution in [-0.4, -0.2) is 33.0 Å². The van der Waals surface area contributed by atoms with Crippen molar-refractivity contribution in [1.82, 2.24) is 14.8 Å². The van der Waals surface area contributed by atoms with Gasteiger partial charge in [0.2, 0.25) is 5.91 Å². The summed E-state index contributed by atoms with van der Waals surface area (Å²) in [6.45, 7) is 1.27. The number of nitriles is 1. The van der Waals surface area contributed by atoms with Gasteiger partial charge < -0.3 is 10.1 Å². The molecule has 1 N–H and O–H groups in total. The quantitative estimate of drug-likeness (QED) is 0.317. The number of fused-ring (bicyclic) bond motifs is 1. The fourth-order valence-corrected chi connectivity index (χ4v) is 5.76. The molecular weight excluding hydrogens is 480 g/mol. The normalized spacial score (nSPS) is 12.8. The summed E-state index contributed by atoms with van der Waals surface area (Å²) in [7, 11) is 0. The Hall–Kier alpha value is -3.23. The van der Waals surface area contributed by atoms with E-state index < -0.39 is 6.61 Å². The van der Waals surface area contributed by atoms with Crippen molar-refractivity contribution >= 4 is 34.0 Å². The lowest BCUT2D eigenvalue weighted by atomic mass is 9.96. The summed E-state index contributed by atoms with van der Waals surface area (Å²) in [4.78, 5) is 13.8. The number of hydrogen-bond acceptors (Lipinski definition) is 7. The number of anilines is 1. The van der Waals surface area contributed by atoms with E-state index in [0.29, 0.717) is 33.7 Å². The highest BCUT2D eigenvalue weighted by atomic mass is 32.2. The Morgan fingerprint density at radius 1 is 1.32 bits per heavy atom. The third kappa shape index (κ3) is 5.29. The zero-order valence-corrected chi connectivity index (χ0v) is 19.7. The molecule has 0 unspecified atom stereocenters. The van der Waals surface area contributed by atoms with Crippen LogP contribution in [0.25, 0.3) is 11.4 Å². The van der Waals surface area contributed by atoms with Gasteiger partial charge in [-0.2, -0.15) is 14.0 Å². The molecular formula is C23H21F2N5O2S2. The standard InChI is InChI=1S/C23H21F2N5O2S2/c1-2-11-30-20(14-7-9-15(10-8-14)32-22(24)25)28-29-23(30)33-13-19(31)27-21-17(12-26)16-5-3-4-6-18(16)34-21/h2,7-10,22H,1,3-6,11,13H2,(H,27,31). The number of rotatable bonds is 9. The number of carbonyl (C=O) groups excluding carboxylic acids is 1. The zero-order valence-electron chi connectivity index (χ0n) is 18.1. The van der Waals surface area contributed by atoms with Crippen LogP contribution < -0.4 is 10.1 Å². The number of thiophene rings is 1. The van der Waals surface area contributed by atoms with Gasteiger partial charge in [-0.25, -0.2) is 0 Å². The predicted octanol–water partition coefficient (Wildman–Crippen LogP) is 5.28. The lowest BCUT2D eigenvalue weighted by Gasteiger charge is -2.09. The molecule has 1 amide bonds. The van der Waals surface area contributed by atoms with E-state index >= 15 is 0 Å². The van der Waals surface area contributed by atoms with E-state index in [1.165, 1.54) is 40.1 Å². The van der Waals surface area contributed by atoms with Crippen molar-refractivity contribution in [2.45, 2.75) is 44.0 Å². The minimum Gasteiger partial charge on any atom is -0.435 e. The maximum Gasteiger partial charge on any atom is 0.387 e. The van der Waals surface area contributed by atoms with Gasteiger partial charge in [0.25, 0.3) is 0 Å². The first-order valence-corrected chi connectivity index (χ1v) is 12.4. The number of carbonyl (C=O) groups is 1. The Kier molecular flexibility index (Phi) is 7.59. The predicted molar refractivity (Wildman–Crippen MR) is 127 cm³/mol. The number of aryl methyl sites for hydroxylation is 1. The molecule has 0 radical (unpaired) electrons. The summed E-state index contributed by atoms with van der Waals surface area (Å²) in [6.07, 6.45) is 5.67. The van der Waals surface area contributed by atoms with Gasteiger partial charge in [0.15, 0.2) is 11.0 Å². The zero-order chi connectivity index (χ0) is 24.1. The van der Waals surface area contributed by atoms with E-state index in [1.807, 2.05) is 0 Å².